The third-order valence-electron chi connectivity index (χ3n) is 8.42. The van der Waals surface area contributed by atoms with E-state index < -0.39 is 5.60 Å². The van der Waals surface area contributed by atoms with E-state index in [1.807, 2.05) is 6.92 Å². The molecular formula is C27H42ClN5O5. The number of fused-ring (bicyclic) bond motifs is 3. The van der Waals surface area contributed by atoms with Crippen LogP contribution in [0.3, 0.4) is 0 Å². The molecule has 2 bridgehead atoms. The Kier molecular flexibility index (Phi) is 9.73. The molecule has 0 radical (unpaired) electrons. The maximum Gasteiger partial charge on any atom is 0.306 e. The number of methoxy groups -OCH3 is 2. The topological polar surface area (TPSA) is 119 Å². The Hall–Kier alpha value is -2.14. The first-order chi connectivity index (χ1) is 18.2. The molecule has 212 valence electrons. The Morgan fingerprint density at radius 3 is 2.61 bits per heavy atom. The minimum Gasteiger partial charge on any atom is -0.480 e. The number of nitrogens with one attached hydrogen (secondary N) is 1. The Morgan fingerprint density at radius 2 is 1.95 bits per heavy atom. The van der Waals surface area contributed by atoms with Crippen LogP contribution in [0.2, 0.25) is 5.02 Å². The van der Waals surface area contributed by atoms with Crippen LogP contribution < -0.4 is 15.8 Å². The van der Waals surface area contributed by atoms with E-state index in [4.69, 9.17) is 31.5 Å². The summed E-state index contributed by atoms with van der Waals surface area (Å²) in [5.74, 6) is 0.411. The van der Waals surface area contributed by atoms with E-state index in [1.54, 1.807) is 7.11 Å². The first-order valence-corrected chi connectivity index (χ1v) is 14.1. The zero-order chi connectivity index (χ0) is 27.3. The number of unbranched alkanes of at least 4 members (excludes halogenated alkanes) is 2. The van der Waals surface area contributed by atoms with Crippen molar-refractivity contribution in [3.8, 4) is 5.88 Å². The van der Waals surface area contributed by atoms with Gasteiger partial charge in [0.25, 0.3) is 5.91 Å². The van der Waals surface area contributed by atoms with E-state index in [9.17, 15) is 9.59 Å². The van der Waals surface area contributed by atoms with Crippen LogP contribution in [0.1, 0.15) is 62.2 Å². The molecule has 1 unspecified atom stereocenters. The van der Waals surface area contributed by atoms with Crippen LogP contribution in [0.25, 0.3) is 0 Å². The molecule has 1 amide bonds. The van der Waals surface area contributed by atoms with Crippen LogP contribution in [0, 0.1) is 5.92 Å². The number of ether oxygens (including phenoxy) is 3. The standard InChI is InChI=1S/C27H42ClN5O5/c1-27(37-3)17-33(11-6-4-5-7-23(34)38-21-16-32-12-8-18(21)9-13-32)14-10-22(27)30-25(35)19-15-20(28)24(29)31-26(19)36-2/h15,18,21-22H,4-14,16-17H2,1-3H3,(H2,29,31)(H,30,35)/t21-,22-,27?/m1/s1. The first-order valence-electron chi connectivity index (χ1n) is 13.7. The van der Waals surface area contributed by atoms with Crippen molar-refractivity contribution in [2.24, 2.45) is 5.92 Å². The minimum absolute atomic E-state index is 0.0542. The van der Waals surface area contributed by atoms with Crippen LogP contribution in [0.4, 0.5) is 5.82 Å². The summed E-state index contributed by atoms with van der Waals surface area (Å²) in [5.41, 5.74) is 5.42. The van der Waals surface area contributed by atoms with Crippen molar-refractivity contribution < 1.29 is 23.8 Å². The van der Waals surface area contributed by atoms with Gasteiger partial charge in [0.15, 0.2) is 0 Å². The van der Waals surface area contributed by atoms with Crippen LogP contribution in [0.15, 0.2) is 6.07 Å². The number of halogens is 1. The molecule has 3 atom stereocenters. The number of nitrogens with two attached hydrogens (primary N) is 1. The number of rotatable bonds is 11. The fourth-order valence-corrected chi connectivity index (χ4v) is 6.12. The lowest BCUT2D eigenvalue weighted by Crippen LogP contribution is -2.62. The molecule has 0 spiro atoms. The molecule has 11 heteroatoms. The maximum atomic E-state index is 13.1. The Labute approximate surface area is 230 Å². The highest BCUT2D eigenvalue weighted by atomic mass is 35.5. The van der Waals surface area contributed by atoms with E-state index in [0.29, 0.717) is 18.9 Å². The largest absolute Gasteiger partial charge is 0.480 e. The van der Waals surface area contributed by atoms with E-state index in [1.165, 1.54) is 13.2 Å². The number of hydrogen-bond donors (Lipinski definition) is 2. The second-order valence-electron chi connectivity index (χ2n) is 11.0. The quantitative estimate of drug-likeness (QED) is 0.316. The number of aromatic nitrogens is 1. The molecule has 4 aliphatic rings. The molecular weight excluding hydrogens is 510 g/mol. The molecule has 3 N–H and O–H groups in total. The predicted molar refractivity (Wildman–Crippen MR) is 145 cm³/mol. The molecule has 38 heavy (non-hydrogen) atoms. The fraction of sp³-hybridized carbons (Fsp3) is 0.741. The summed E-state index contributed by atoms with van der Waals surface area (Å²) in [7, 11) is 3.11. The molecule has 10 nitrogen and oxygen atoms in total. The molecule has 0 saturated carbocycles. The molecule has 5 rings (SSSR count). The van der Waals surface area contributed by atoms with Crippen LogP contribution in [-0.2, 0) is 14.3 Å². The van der Waals surface area contributed by atoms with E-state index in [2.05, 4.69) is 20.1 Å². The van der Waals surface area contributed by atoms with Crippen LogP contribution in [0.5, 0.6) is 5.88 Å². The van der Waals surface area contributed by atoms with E-state index in [0.717, 1.165) is 71.2 Å². The number of carbonyl (C=O) groups is 2. The first kappa shape index (κ1) is 28.9. The maximum absolute atomic E-state index is 13.1. The highest BCUT2D eigenvalue weighted by Crippen LogP contribution is 2.30. The van der Waals surface area contributed by atoms with Gasteiger partial charge in [0.2, 0.25) is 5.88 Å². The number of anilines is 1. The van der Waals surface area contributed by atoms with Gasteiger partial charge < -0.3 is 30.2 Å². The third kappa shape index (κ3) is 6.89. The summed E-state index contributed by atoms with van der Waals surface area (Å²) in [6.45, 7) is 7.66. The van der Waals surface area contributed by atoms with Gasteiger partial charge in [-0.15, -0.1) is 0 Å². The third-order valence-corrected chi connectivity index (χ3v) is 8.72. The fourth-order valence-electron chi connectivity index (χ4n) is 5.97. The Morgan fingerprint density at radius 1 is 1.18 bits per heavy atom. The van der Waals surface area contributed by atoms with Gasteiger partial charge in [0, 0.05) is 33.2 Å². The summed E-state index contributed by atoms with van der Waals surface area (Å²) in [6.07, 6.45) is 6.43. The smallest absolute Gasteiger partial charge is 0.306 e. The van der Waals surface area contributed by atoms with Gasteiger partial charge in [-0.2, -0.15) is 4.98 Å². The molecule has 4 saturated heterocycles. The van der Waals surface area contributed by atoms with Crippen LogP contribution in [-0.4, -0.2) is 97.9 Å². The summed E-state index contributed by atoms with van der Waals surface area (Å²) in [4.78, 5) is 34.2. The number of carbonyl (C=O) groups excluding carboxylic acids is 2. The van der Waals surface area contributed by atoms with Crippen molar-refractivity contribution in [2.45, 2.75) is 69.6 Å². The van der Waals surface area contributed by atoms with Crippen molar-refractivity contribution in [1.82, 2.24) is 20.1 Å². The number of hydrogen-bond acceptors (Lipinski definition) is 9. The Bertz CT molecular complexity index is 989. The highest BCUT2D eigenvalue weighted by Gasteiger charge is 2.41. The van der Waals surface area contributed by atoms with E-state index in [-0.39, 0.29) is 46.3 Å². The van der Waals surface area contributed by atoms with Crippen molar-refractivity contribution in [2.75, 3.05) is 59.2 Å². The SMILES string of the molecule is COc1nc(N)c(Cl)cc1C(=O)N[C@@H]1CCN(CCCCCC(=O)O[C@@H]2CN3CCC2CC3)CC1(C)OC. The highest BCUT2D eigenvalue weighted by molar-refractivity contribution is 6.33. The van der Waals surface area contributed by atoms with Crippen molar-refractivity contribution in [3.05, 3.63) is 16.7 Å². The summed E-state index contributed by atoms with van der Waals surface area (Å²) in [5, 5.41) is 3.29. The van der Waals surface area contributed by atoms with Crippen molar-refractivity contribution in [1.29, 1.82) is 0 Å². The zero-order valence-corrected chi connectivity index (χ0v) is 23.6. The molecule has 0 aromatic carbocycles. The van der Waals surface area contributed by atoms with Gasteiger partial charge >= 0.3 is 5.97 Å². The number of nitrogen functional groups attached to an aromatic ring is 1. The lowest BCUT2D eigenvalue weighted by molar-refractivity contribution is -0.158. The van der Waals surface area contributed by atoms with Gasteiger partial charge in [-0.05, 0) is 70.6 Å². The number of likely N-dealkylation sites (tertiary alicyclic amines) is 1. The van der Waals surface area contributed by atoms with Gasteiger partial charge in [-0.3, -0.25) is 14.5 Å². The number of pyridine rings is 1. The molecule has 1 aromatic heterocycles. The number of nitrogens with zero attached hydrogens (tertiary/aromatic N) is 3. The number of amides is 1. The normalized spacial score (nSPS) is 29.2. The average Bonchev–Trinajstić information content (AvgIpc) is 2.91. The summed E-state index contributed by atoms with van der Waals surface area (Å²) in [6, 6.07) is 1.28. The van der Waals surface area contributed by atoms with E-state index >= 15 is 0 Å². The number of esters is 1. The second kappa shape index (κ2) is 12.8. The van der Waals surface area contributed by atoms with Crippen LogP contribution >= 0.6 is 11.6 Å². The Balaban J connectivity index is 1.19. The monoisotopic (exact) mass is 551 g/mol. The molecule has 5 heterocycles. The zero-order valence-electron chi connectivity index (χ0n) is 22.8. The summed E-state index contributed by atoms with van der Waals surface area (Å²) < 4.78 is 16.9. The van der Waals surface area contributed by atoms with Gasteiger partial charge in [0.05, 0.1) is 23.8 Å². The lowest BCUT2D eigenvalue weighted by atomic mass is 9.86. The van der Waals surface area contributed by atoms with Gasteiger partial charge in [-0.25, -0.2) is 0 Å². The molecule has 4 aliphatic heterocycles. The van der Waals surface area contributed by atoms with Gasteiger partial charge in [0.1, 0.15) is 17.5 Å². The molecule has 1 aromatic rings. The van der Waals surface area contributed by atoms with Crippen molar-refractivity contribution in [3.63, 3.8) is 0 Å². The minimum atomic E-state index is -0.564. The predicted octanol–water partition coefficient (Wildman–Crippen LogP) is 2.73. The molecule has 0 aliphatic carbocycles. The second-order valence-corrected chi connectivity index (χ2v) is 11.4. The summed E-state index contributed by atoms with van der Waals surface area (Å²) >= 11 is 6.10. The van der Waals surface area contributed by atoms with Gasteiger partial charge in [-0.1, -0.05) is 18.0 Å². The molecule has 4 fully saturated rings. The average molecular weight is 552 g/mol. The number of piperidine rings is 4. The lowest BCUT2D eigenvalue weighted by Gasteiger charge is -2.45. The van der Waals surface area contributed by atoms with Crippen molar-refractivity contribution >= 4 is 29.3 Å².